The topological polar surface area (TPSA) is 108 Å². The van der Waals surface area contributed by atoms with Gasteiger partial charge in [0.15, 0.2) is 0 Å². The van der Waals surface area contributed by atoms with Crippen molar-refractivity contribution in [2.24, 2.45) is 17.3 Å². The number of benzene rings is 2. The number of hydrogen-bond donors (Lipinski definition) is 3. The number of fused-ring (bicyclic) bond motifs is 1. The highest BCUT2D eigenvalue weighted by Gasteiger charge is 2.79. The minimum Gasteiger partial charge on any atom is -0.394 e. The Morgan fingerprint density at radius 1 is 1.00 bits per heavy atom. The first-order chi connectivity index (χ1) is 19.8. The second-order valence-corrected chi connectivity index (χ2v) is 14.2. The van der Waals surface area contributed by atoms with Gasteiger partial charge in [-0.25, -0.2) is 0 Å². The van der Waals surface area contributed by atoms with Crippen molar-refractivity contribution in [2.45, 2.75) is 96.1 Å². The van der Waals surface area contributed by atoms with Crippen molar-refractivity contribution < 1.29 is 24.2 Å². The molecule has 0 radical (unpaired) electrons. The second kappa shape index (κ2) is 10.8. The molecule has 0 aromatic heterocycles. The maximum Gasteiger partial charge on any atom is 0.246 e. The van der Waals surface area contributed by atoms with Gasteiger partial charge in [-0.05, 0) is 62.6 Å². The number of amides is 3. The normalized spacial score (nSPS) is 29.4. The number of aliphatic hydroxyl groups is 1. The van der Waals surface area contributed by atoms with Crippen molar-refractivity contribution >= 4 is 23.4 Å². The number of ether oxygens (including phenoxy) is 1. The van der Waals surface area contributed by atoms with E-state index in [4.69, 9.17) is 4.74 Å². The summed E-state index contributed by atoms with van der Waals surface area (Å²) in [5, 5.41) is 17.0. The summed E-state index contributed by atoms with van der Waals surface area (Å²) in [6, 6.07) is 16.7. The van der Waals surface area contributed by atoms with Gasteiger partial charge in [-0.2, -0.15) is 0 Å². The van der Waals surface area contributed by atoms with E-state index in [0.29, 0.717) is 31.4 Å². The lowest BCUT2D eigenvalue weighted by molar-refractivity contribution is -0.151. The third kappa shape index (κ3) is 5.13. The predicted molar refractivity (Wildman–Crippen MR) is 161 cm³/mol. The Balaban J connectivity index is 1.59. The monoisotopic (exact) mass is 575 g/mol. The van der Waals surface area contributed by atoms with Gasteiger partial charge in [-0.3, -0.25) is 14.4 Å². The average Bonchev–Trinajstić information content (AvgIpc) is 3.52. The third-order valence-electron chi connectivity index (χ3n) is 9.32. The highest BCUT2D eigenvalue weighted by molar-refractivity contribution is 6.02. The summed E-state index contributed by atoms with van der Waals surface area (Å²) in [7, 11) is 0. The van der Waals surface area contributed by atoms with Crippen LogP contribution < -0.4 is 10.6 Å². The molecule has 1 spiro atoms. The largest absolute Gasteiger partial charge is 0.394 e. The number of likely N-dealkylation sites (tertiary alicyclic amines) is 1. The van der Waals surface area contributed by atoms with Gasteiger partial charge >= 0.3 is 0 Å². The van der Waals surface area contributed by atoms with E-state index in [0.717, 1.165) is 5.56 Å². The lowest BCUT2D eigenvalue weighted by atomic mass is 9.65. The van der Waals surface area contributed by atoms with E-state index in [1.54, 1.807) is 0 Å². The molecule has 2 aromatic carbocycles. The Morgan fingerprint density at radius 3 is 2.19 bits per heavy atom. The first-order valence-electron chi connectivity index (χ1n) is 15.1. The van der Waals surface area contributed by atoms with Gasteiger partial charge in [0, 0.05) is 11.2 Å². The molecule has 3 saturated heterocycles. The summed E-state index contributed by atoms with van der Waals surface area (Å²) in [6.07, 6.45) is 2.30. The fraction of sp³-hybridized carbons (Fsp3) is 0.559. The summed E-state index contributed by atoms with van der Waals surface area (Å²) in [6.45, 7) is 12.0. The Kier molecular flexibility index (Phi) is 7.77. The van der Waals surface area contributed by atoms with E-state index in [-0.39, 0.29) is 29.7 Å². The number of anilines is 1. The van der Waals surface area contributed by atoms with Crippen LogP contribution in [-0.2, 0) is 19.1 Å². The number of aliphatic hydroxyl groups excluding tert-OH is 1. The summed E-state index contributed by atoms with van der Waals surface area (Å²) < 4.78 is 6.91. The zero-order valence-electron chi connectivity index (χ0n) is 25.6. The standard InChI is InChI=1S/C34H45N3O5/c1-7-33-18-19-34(42-33)26(25(33)28(39)35-23-16-12-9-13-17-23)30(41)37(24(20-38)22-14-10-8-11-15-22)27(34)29(40)36-32(5,6)21-31(2,3)4/h8-17,24-27,38H,7,18-21H2,1-6H3,(H,35,39)(H,36,40)/t24-,25-,26+,27?,33+,34?/m1/s1. The van der Waals surface area contributed by atoms with Gasteiger partial charge in [-0.1, -0.05) is 76.2 Å². The van der Waals surface area contributed by atoms with E-state index in [1.165, 1.54) is 4.90 Å². The maximum absolute atomic E-state index is 14.7. The Hall–Kier alpha value is -3.23. The van der Waals surface area contributed by atoms with Gasteiger partial charge in [0.25, 0.3) is 0 Å². The molecular formula is C34H45N3O5. The van der Waals surface area contributed by atoms with Crippen molar-refractivity contribution in [3.63, 3.8) is 0 Å². The summed E-state index contributed by atoms with van der Waals surface area (Å²) in [5.41, 5.74) is -1.29. The quantitative estimate of drug-likeness (QED) is 0.397. The van der Waals surface area contributed by atoms with Crippen molar-refractivity contribution in [2.75, 3.05) is 11.9 Å². The molecule has 42 heavy (non-hydrogen) atoms. The fourth-order valence-electron chi connectivity index (χ4n) is 8.23. The Labute approximate surface area is 249 Å². The molecule has 226 valence electrons. The number of carbonyl (C=O) groups is 3. The van der Waals surface area contributed by atoms with E-state index < -0.39 is 40.7 Å². The van der Waals surface area contributed by atoms with Crippen molar-refractivity contribution in [1.29, 1.82) is 0 Å². The van der Waals surface area contributed by atoms with Crippen LogP contribution in [-0.4, -0.2) is 57.1 Å². The lowest BCUT2D eigenvalue weighted by Gasteiger charge is -2.40. The van der Waals surface area contributed by atoms with Gasteiger partial charge in [0.2, 0.25) is 17.7 Å². The molecule has 2 bridgehead atoms. The number of carbonyl (C=O) groups excluding carboxylic acids is 3. The van der Waals surface area contributed by atoms with E-state index >= 15 is 0 Å². The number of nitrogens with zero attached hydrogens (tertiary/aromatic N) is 1. The molecule has 8 heteroatoms. The summed E-state index contributed by atoms with van der Waals surface area (Å²) >= 11 is 0. The molecule has 5 rings (SSSR count). The van der Waals surface area contributed by atoms with Crippen LogP contribution in [0.25, 0.3) is 0 Å². The van der Waals surface area contributed by atoms with Crippen LogP contribution in [0.2, 0.25) is 0 Å². The molecule has 0 aliphatic carbocycles. The highest BCUT2D eigenvalue weighted by atomic mass is 16.5. The van der Waals surface area contributed by atoms with Crippen LogP contribution in [0.1, 0.15) is 78.8 Å². The smallest absolute Gasteiger partial charge is 0.246 e. The maximum atomic E-state index is 14.7. The molecule has 0 saturated carbocycles. The molecule has 3 heterocycles. The van der Waals surface area contributed by atoms with Gasteiger partial charge < -0.3 is 25.4 Å². The number of para-hydroxylation sites is 1. The Morgan fingerprint density at radius 2 is 1.62 bits per heavy atom. The Bertz CT molecular complexity index is 1320. The van der Waals surface area contributed by atoms with E-state index in [1.807, 2.05) is 81.4 Å². The number of nitrogens with one attached hydrogen (secondary N) is 2. The van der Waals surface area contributed by atoms with Gasteiger partial charge in [0.1, 0.15) is 11.6 Å². The van der Waals surface area contributed by atoms with E-state index in [2.05, 4.69) is 31.4 Å². The molecule has 6 atom stereocenters. The van der Waals surface area contributed by atoms with Gasteiger partial charge in [-0.15, -0.1) is 0 Å². The minimum atomic E-state index is -1.18. The molecule has 3 aliphatic rings. The number of hydrogen-bond acceptors (Lipinski definition) is 5. The molecule has 3 N–H and O–H groups in total. The summed E-state index contributed by atoms with van der Waals surface area (Å²) in [4.78, 5) is 44.7. The zero-order chi connectivity index (χ0) is 30.5. The molecule has 3 fully saturated rings. The lowest BCUT2D eigenvalue weighted by Crippen LogP contribution is -2.60. The summed E-state index contributed by atoms with van der Waals surface area (Å²) in [5.74, 6) is -2.55. The fourth-order valence-corrected chi connectivity index (χ4v) is 8.23. The second-order valence-electron chi connectivity index (χ2n) is 14.2. The van der Waals surface area contributed by atoms with Gasteiger partial charge in [0.05, 0.1) is 30.1 Å². The van der Waals surface area contributed by atoms with Crippen LogP contribution in [0.3, 0.4) is 0 Å². The number of rotatable bonds is 9. The first kappa shape index (κ1) is 30.2. The van der Waals surface area contributed by atoms with Crippen molar-refractivity contribution in [3.05, 3.63) is 66.2 Å². The highest BCUT2D eigenvalue weighted by Crippen LogP contribution is 2.65. The molecular weight excluding hydrogens is 530 g/mol. The van der Waals surface area contributed by atoms with Crippen LogP contribution in [0.15, 0.2) is 60.7 Å². The van der Waals surface area contributed by atoms with Crippen LogP contribution in [0.5, 0.6) is 0 Å². The molecule has 3 amide bonds. The van der Waals surface area contributed by atoms with E-state index in [9.17, 15) is 19.5 Å². The third-order valence-corrected chi connectivity index (χ3v) is 9.32. The molecule has 2 aromatic rings. The SMILES string of the molecule is CC[C@@]12CCC3(O1)C(C(=O)NC(C)(C)CC(C)(C)C)N([C@H](CO)c1ccccc1)C(=O)[C@@H]3[C@@H]2C(=O)Nc1ccccc1. The molecule has 8 nitrogen and oxygen atoms in total. The molecule has 2 unspecified atom stereocenters. The average molecular weight is 576 g/mol. The predicted octanol–water partition coefficient (Wildman–Crippen LogP) is 4.84. The minimum absolute atomic E-state index is 0.0460. The first-order valence-corrected chi connectivity index (χ1v) is 15.1. The molecule has 3 aliphatic heterocycles. The zero-order valence-corrected chi connectivity index (χ0v) is 25.6. The van der Waals surface area contributed by atoms with Crippen LogP contribution >= 0.6 is 0 Å². The van der Waals surface area contributed by atoms with Crippen molar-refractivity contribution in [1.82, 2.24) is 10.2 Å². The van der Waals surface area contributed by atoms with Crippen LogP contribution in [0, 0.1) is 17.3 Å². The van der Waals surface area contributed by atoms with Crippen LogP contribution in [0.4, 0.5) is 5.69 Å². The van der Waals surface area contributed by atoms with Crippen molar-refractivity contribution in [3.8, 4) is 0 Å².